The first kappa shape index (κ1) is 15.6. The third-order valence-corrected chi connectivity index (χ3v) is 3.03. The van der Waals surface area contributed by atoms with Crippen LogP contribution < -0.4 is 5.43 Å². The first-order valence-corrected chi connectivity index (χ1v) is 6.38. The maximum Gasteiger partial charge on any atom is 0.274 e. The molecule has 0 heterocycles. The summed E-state index contributed by atoms with van der Waals surface area (Å²) in [5, 5.41) is 12.3. The lowest BCUT2D eigenvalue weighted by Crippen LogP contribution is -2.19. The summed E-state index contributed by atoms with van der Waals surface area (Å²) in [5.74, 6) is -2.28. The fourth-order valence-electron chi connectivity index (χ4n) is 1.62. The molecule has 0 saturated carbocycles. The van der Waals surface area contributed by atoms with Gasteiger partial charge < -0.3 is 0 Å². The van der Waals surface area contributed by atoms with Crippen LogP contribution in [0.4, 0.5) is 8.78 Å². The minimum Gasteiger partial charge on any atom is -0.267 e. The van der Waals surface area contributed by atoms with Gasteiger partial charge in [-0.3, -0.25) is 4.79 Å². The number of carbonyl (C=O) groups excluding carboxylic acids is 1. The summed E-state index contributed by atoms with van der Waals surface area (Å²) in [5.41, 5.74) is 1.88. The Bertz CT molecular complexity index is 780. The van der Waals surface area contributed by atoms with Gasteiger partial charge in [0.15, 0.2) is 0 Å². The highest BCUT2D eigenvalue weighted by molar-refractivity contribution is 6.33. The molecule has 0 spiro atoms. The van der Waals surface area contributed by atoms with E-state index in [0.717, 1.165) is 18.3 Å². The zero-order valence-corrected chi connectivity index (χ0v) is 11.7. The predicted octanol–water partition coefficient (Wildman–Crippen LogP) is 3.25. The average Bonchev–Trinajstić information content (AvgIpc) is 2.49. The first-order valence-electron chi connectivity index (χ1n) is 6.00. The van der Waals surface area contributed by atoms with Crippen LogP contribution in [-0.4, -0.2) is 12.1 Å². The van der Waals surface area contributed by atoms with Gasteiger partial charge in [-0.15, -0.1) is 0 Å². The summed E-state index contributed by atoms with van der Waals surface area (Å²) in [6.07, 6.45) is 1.02. The topological polar surface area (TPSA) is 65.2 Å². The molecule has 0 aliphatic carbocycles. The van der Waals surface area contributed by atoms with Gasteiger partial charge in [0.05, 0.1) is 28.4 Å². The summed E-state index contributed by atoms with van der Waals surface area (Å²) in [4.78, 5) is 11.8. The molecule has 1 amide bonds. The van der Waals surface area contributed by atoms with Crippen LogP contribution in [-0.2, 0) is 0 Å². The summed E-state index contributed by atoms with van der Waals surface area (Å²) < 4.78 is 27.1. The predicted molar refractivity (Wildman–Crippen MR) is 77.6 cm³/mol. The van der Waals surface area contributed by atoms with Crippen molar-refractivity contribution in [2.45, 2.75) is 0 Å². The third-order valence-electron chi connectivity index (χ3n) is 2.70. The second-order valence-corrected chi connectivity index (χ2v) is 4.55. The van der Waals surface area contributed by atoms with Crippen molar-refractivity contribution in [3.05, 3.63) is 69.7 Å². The van der Waals surface area contributed by atoms with Crippen LogP contribution in [0.1, 0.15) is 21.5 Å². The van der Waals surface area contributed by atoms with Crippen molar-refractivity contribution in [3.8, 4) is 6.07 Å². The third kappa shape index (κ3) is 3.45. The number of nitrogens with one attached hydrogen (secondary N) is 1. The minimum atomic E-state index is -0.851. The molecule has 7 heteroatoms. The van der Waals surface area contributed by atoms with E-state index in [0.29, 0.717) is 0 Å². The summed E-state index contributed by atoms with van der Waals surface area (Å²) >= 11 is 5.79. The van der Waals surface area contributed by atoms with Gasteiger partial charge in [-0.1, -0.05) is 17.7 Å². The maximum atomic E-state index is 13.6. The average molecular weight is 320 g/mol. The number of nitrogens with zero attached hydrogens (tertiary/aromatic N) is 2. The molecule has 0 aliphatic rings. The molecular weight excluding hydrogens is 312 g/mol. The molecule has 0 saturated heterocycles. The van der Waals surface area contributed by atoms with Gasteiger partial charge in [0.25, 0.3) is 5.91 Å². The number of carbonyl (C=O) groups is 1. The van der Waals surface area contributed by atoms with Crippen LogP contribution >= 0.6 is 11.6 Å². The molecule has 2 aromatic rings. The smallest absolute Gasteiger partial charge is 0.267 e. The SMILES string of the molecule is N#Cc1ccc(C(=O)N/N=C\c2c(F)cccc2Cl)c(F)c1. The van der Waals surface area contributed by atoms with E-state index in [9.17, 15) is 13.6 Å². The highest BCUT2D eigenvalue weighted by atomic mass is 35.5. The number of nitriles is 1. The van der Waals surface area contributed by atoms with Crippen LogP contribution in [0, 0.1) is 23.0 Å². The zero-order chi connectivity index (χ0) is 16.1. The van der Waals surface area contributed by atoms with Crippen molar-refractivity contribution in [2.75, 3.05) is 0 Å². The monoisotopic (exact) mass is 319 g/mol. The number of rotatable bonds is 3. The van der Waals surface area contributed by atoms with Gasteiger partial charge in [0.1, 0.15) is 11.6 Å². The standard InChI is InChI=1S/C15H8ClF2N3O/c16-12-2-1-3-13(17)11(12)8-20-21-15(22)10-5-4-9(7-19)6-14(10)18/h1-6,8H,(H,21,22)/b20-8-. The van der Waals surface area contributed by atoms with E-state index >= 15 is 0 Å². The molecule has 0 radical (unpaired) electrons. The van der Waals surface area contributed by atoms with Gasteiger partial charge in [-0.2, -0.15) is 10.4 Å². The molecule has 22 heavy (non-hydrogen) atoms. The van der Waals surface area contributed by atoms with Crippen LogP contribution in [0.2, 0.25) is 5.02 Å². The molecule has 2 rings (SSSR count). The highest BCUT2D eigenvalue weighted by Crippen LogP contribution is 2.16. The molecule has 0 atom stereocenters. The van der Waals surface area contributed by atoms with Crippen molar-refractivity contribution in [1.29, 1.82) is 5.26 Å². The van der Waals surface area contributed by atoms with E-state index < -0.39 is 17.5 Å². The zero-order valence-electron chi connectivity index (χ0n) is 11.0. The Labute approximate surface area is 129 Å². The van der Waals surface area contributed by atoms with Gasteiger partial charge in [-0.25, -0.2) is 14.2 Å². The van der Waals surface area contributed by atoms with E-state index in [1.165, 1.54) is 24.3 Å². The molecule has 0 aliphatic heterocycles. The fourth-order valence-corrected chi connectivity index (χ4v) is 1.83. The number of hydrogen-bond acceptors (Lipinski definition) is 3. The Kier molecular flexibility index (Phi) is 4.81. The first-order chi connectivity index (χ1) is 10.5. The summed E-state index contributed by atoms with van der Waals surface area (Å²) in [6, 6.07) is 9.24. The molecule has 0 unspecified atom stereocenters. The molecule has 110 valence electrons. The second-order valence-electron chi connectivity index (χ2n) is 4.14. The maximum absolute atomic E-state index is 13.6. The van der Waals surface area contributed by atoms with Crippen molar-refractivity contribution in [3.63, 3.8) is 0 Å². The number of hydrogen-bond donors (Lipinski definition) is 1. The van der Waals surface area contributed by atoms with Crippen molar-refractivity contribution < 1.29 is 13.6 Å². The Hall–Kier alpha value is -2.78. The normalized spacial score (nSPS) is 10.5. The fraction of sp³-hybridized carbons (Fsp3) is 0. The molecular formula is C15H8ClF2N3O. The van der Waals surface area contributed by atoms with E-state index in [2.05, 4.69) is 10.5 Å². The number of hydrazone groups is 1. The molecule has 0 bridgehead atoms. The summed E-state index contributed by atoms with van der Waals surface area (Å²) in [7, 11) is 0. The van der Waals surface area contributed by atoms with Crippen molar-refractivity contribution >= 4 is 23.7 Å². The van der Waals surface area contributed by atoms with Crippen LogP contribution in [0.25, 0.3) is 0 Å². The van der Waals surface area contributed by atoms with E-state index in [1.807, 2.05) is 0 Å². The lowest BCUT2D eigenvalue weighted by Gasteiger charge is -2.02. The Balaban J connectivity index is 2.13. The molecule has 1 N–H and O–H groups in total. The number of halogens is 3. The number of amides is 1. The van der Waals surface area contributed by atoms with Gasteiger partial charge in [0, 0.05) is 5.56 Å². The largest absolute Gasteiger partial charge is 0.274 e. The molecule has 4 nitrogen and oxygen atoms in total. The van der Waals surface area contributed by atoms with E-state index in [-0.39, 0.29) is 21.7 Å². The minimum absolute atomic E-state index is 0.00441. The second kappa shape index (κ2) is 6.78. The van der Waals surface area contributed by atoms with Crippen LogP contribution in [0.15, 0.2) is 41.5 Å². The summed E-state index contributed by atoms with van der Waals surface area (Å²) in [6.45, 7) is 0. The highest BCUT2D eigenvalue weighted by Gasteiger charge is 2.11. The van der Waals surface area contributed by atoms with E-state index in [4.69, 9.17) is 16.9 Å². The van der Waals surface area contributed by atoms with Crippen LogP contribution in [0.5, 0.6) is 0 Å². The van der Waals surface area contributed by atoms with Crippen molar-refractivity contribution in [2.24, 2.45) is 5.10 Å². The molecule has 0 fully saturated rings. The van der Waals surface area contributed by atoms with Crippen molar-refractivity contribution in [1.82, 2.24) is 5.43 Å². The molecule has 0 aromatic heterocycles. The lowest BCUT2D eigenvalue weighted by molar-refractivity contribution is 0.0951. The molecule has 2 aromatic carbocycles. The quantitative estimate of drug-likeness (QED) is 0.697. The lowest BCUT2D eigenvalue weighted by atomic mass is 10.1. The van der Waals surface area contributed by atoms with E-state index in [1.54, 1.807) is 6.07 Å². The Morgan fingerprint density at radius 1 is 1.27 bits per heavy atom. The van der Waals surface area contributed by atoms with Crippen LogP contribution in [0.3, 0.4) is 0 Å². The Morgan fingerprint density at radius 3 is 2.68 bits per heavy atom. The number of benzene rings is 2. The van der Waals surface area contributed by atoms with Gasteiger partial charge in [0.2, 0.25) is 0 Å². The van der Waals surface area contributed by atoms with Gasteiger partial charge >= 0.3 is 0 Å². The Morgan fingerprint density at radius 2 is 2.05 bits per heavy atom. The van der Waals surface area contributed by atoms with Gasteiger partial charge in [-0.05, 0) is 30.3 Å².